The lowest BCUT2D eigenvalue weighted by Crippen LogP contribution is -2.32. The summed E-state index contributed by atoms with van der Waals surface area (Å²) in [5.74, 6) is 0.203. The van der Waals surface area contributed by atoms with Crippen molar-refractivity contribution in [2.45, 2.75) is 6.61 Å². The molecule has 0 saturated carbocycles. The van der Waals surface area contributed by atoms with Crippen LogP contribution in [0.3, 0.4) is 0 Å². The summed E-state index contributed by atoms with van der Waals surface area (Å²) < 4.78 is 5.78. The quantitative estimate of drug-likeness (QED) is 0.243. The summed E-state index contributed by atoms with van der Waals surface area (Å²) in [6.07, 6.45) is 2.73. The average Bonchev–Trinajstić information content (AvgIpc) is 2.77. The molecule has 0 aliphatic rings. The van der Waals surface area contributed by atoms with Gasteiger partial charge in [0.2, 0.25) is 5.91 Å². The van der Waals surface area contributed by atoms with Gasteiger partial charge in [-0.2, -0.15) is 0 Å². The molecule has 1 amide bonds. The van der Waals surface area contributed by atoms with Crippen LogP contribution < -0.4 is 15.4 Å². The van der Waals surface area contributed by atoms with E-state index in [0.717, 1.165) is 5.56 Å². The van der Waals surface area contributed by atoms with E-state index < -0.39 is 10.8 Å². The highest BCUT2D eigenvalue weighted by molar-refractivity contribution is 7.80. The van der Waals surface area contributed by atoms with E-state index in [-0.39, 0.29) is 10.8 Å². The molecule has 0 aliphatic heterocycles. The summed E-state index contributed by atoms with van der Waals surface area (Å²) in [4.78, 5) is 22.4. The molecule has 156 valence electrons. The number of carbonyl (C=O) groups excluding carboxylic acids is 1. The van der Waals surface area contributed by atoms with Crippen molar-refractivity contribution in [3.05, 3.63) is 106 Å². The zero-order valence-electron chi connectivity index (χ0n) is 16.4. The number of benzene rings is 3. The molecule has 0 spiro atoms. The second kappa shape index (κ2) is 10.7. The van der Waals surface area contributed by atoms with Gasteiger partial charge >= 0.3 is 0 Å². The first kappa shape index (κ1) is 21.7. The Morgan fingerprint density at radius 3 is 2.58 bits per heavy atom. The van der Waals surface area contributed by atoms with Gasteiger partial charge in [-0.15, -0.1) is 0 Å². The van der Waals surface area contributed by atoms with Crippen LogP contribution in [0, 0.1) is 10.1 Å². The molecule has 3 aromatic carbocycles. The number of rotatable bonds is 7. The number of nitrogens with one attached hydrogen (secondary N) is 2. The maximum Gasteiger partial charge on any atom is 0.270 e. The Morgan fingerprint density at radius 1 is 1.03 bits per heavy atom. The monoisotopic (exact) mass is 433 g/mol. The first-order valence-electron chi connectivity index (χ1n) is 9.31. The number of nitro benzene ring substituents is 1. The number of ether oxygens (including phenoxy) is 1. The zero-order valence-corrected chi connectivity index (χ0v) is 17.2. The molecule has 0 aliphatic carbocycles. The number of non-ortho nitro benzene ring substituents is 1. The van der Waals surface area contributed by atoms with E-state index in [1.165, 1.54) is 24.3 Å². The summed E-state index contributed by atoms with van der Waals surface area (Å²) in [5, 5.41) is 16.4. The third-order valence-electron chi connectivity index (χ3n) is 4.09. The van der Waals surface area contributed by atoms with E-state index in [9.17, 15) is 14.9 Å². The second-order valence-corrected chi connectivity index (χ2v) is 6.84. The molecule has 0 saturated heterocycles. The van der Waals surface area contributed by atoms with E-state index in [1.807, 2.05) is 42.5 Å². The van der Waals surface area contributed by atoms with E-state index in [0.29, 0.717) is 23.6 Å². The van der Waals surface area contributed by atoms with Gasteiger partial charge in [-0.05, 0) is 41.6 Å². The highest BCUT2D eigenvalue weighted by Crippen LogP contribution is 2.19. The molecule has 31 heavy (non-hydrogen) atoms. The fourth-order valence-electron chi connectivity index (χ4n) is 2.63. The fraction of sp³-hybridized carbons (Fsp3) is 0.0435. The molecule has 2 N–H and O–H groups in total. The maximum absolute atomic E-state index is 12.1. The van der Waals surface area contributed by atoms with Crippen LogP contribution in [0.4, 0.5) is 11.4 Å². The van der Waals surface area contributed by atoms with Gasteiger partial charge < -0.3 is 10.1 Å². The van der Waals surface area contributed by atoms with Gasteiger partial charge in [0, 0.05) is 30.0 Å². The summed E-state index contributed by atoms with van der Waals surface area (Å²) in [5.41, 5.74) is 2.21. The Morgan fingerprint density at radius 2 is 1.81 bits per heavy atom. The number of anilines is 1. The van der Waals surface area contributed by atoms with Crippen molar-refractivity contribution in [3.8, 4) is 5.75 Å². The minimum Gasteiger partial charge on any atom is -0.489 e. The number of nitrogens with zero attached hydrogens (tertiary/aromatic N) is 1. The van der Waals surface area contributed by atoms with Crippen LogP contribution >= 0.6 is 12.2 Å². The van der Waals surface area contributed by atoms with Crippen LogP contribution in [0.25, 0.3) is 6.08 Å². The van der Waals surface area contributed by atoms with E-state index in [2.05, 4.69) is 10.6 Å². The molecule has 3 rings (SSSR count). The molecule has 0 atom stereocenters. The smallest absolute Gasteiger partial charge is 0.270 e. The molecule has 8 heteroatoms. The Bertz CT molecular complexity index is 1120. The molecule has 0 aromatic heterocycles. The Kier molecular flexibility index (Phi) is 7.45. The highest BCUT2D eigenvalue weighted by Gasteiger charge is 2.06. The van der Waals surface area contributed by atoms with Crippen LogP contribution in [0.1, 0.15) is 11.1 Å². The molecule has 7 nitrogen and oxygen atoms in total. The average molecular weight is 433 g/mol. The maximum atomic E-state index is 12.1. The number of nitro groups is 1. The first-order chi connectivity index (χ1) is 15.0. The van der Waals surface area contributed by atoms with Crippen molar-refractivity contribution in [1.29, 1.82) is 0 Å². The number of hydrogen-bond donors (Lipinski definition) is 2. The minimum atomic E-state index is -0.492. The topological polar surface area (TPSA) is 93.5 Å². The van der Waals surface area contributed by atoms with E-state index >= 15 is 0 Å². The molecule has 0 unspecified atom stereocenters. The minimum absolute atomic E-state index is 0.0471. The summed E-state index contributed by atoms with van der Waals surface area (Å²) in [6, 6.07) is 23.0. The summed E-state index contributed by atoms with van der Waals surface area (Å²) in [6.45, 7) is 0.438. The van der Waals surface area contributed by atoms with Gasteiger partial charge in [0.25, 0.3) is 5.69 Å². The molecule has 0 radical (unpaired) electrons. The lowest BCUT2D eigenvalue weighted by molar-refractivity contribution is -0.384. The van der Waals surface area contributed by atoms with Crippen molar-refractivity contribution < 1.29 is 14.5 Å². The summed E-state index contributed by atoms with van der Waals surface area (Å²) in [7, 11) is 0. The van der Waals surface area contributed by atoms with Crippen molar-refractivity contribution in [2.24, 2.45) is 0 Å². The number of hydrogen-bond acceptors (Lipinski definition) is 5. The van der Waals surface area contributed by atoms with E-state index in [1.54, 1.807) is 24.3 Å². The van der Waals surface area contributed by atoms with Gasteiger partial charge in [-0.3, -0.25) is 20.2 Å². The number of carbonyl (C=O) groups is 1. The molecule has 0 bridgehead atoms. The lowest BCUT2D eigenvalue weighted by atomic mass is 10.2. The SMILES string of the molecule is O=C(/C=C/c1cccc([N+](=O)[O-])c1)NC(=S)Nc1cccc(OCc2ccccc2)c1. The summed E-state index contributed by atoms with van der Waals surface area (Å²) >= 11 is 5.18. The van der Waals surface area contributed by atoms with Gasteiger partial charge in [0.05, 0.1) is 4.92 Å². The predicted molar refractivity (Wildman–Crippen MR) is 124 cm³/mol. The molecular weight excluding hydrogens is 414 g/mol. The second-order valence-electron chi connectivity index (χ2n) is 6.43. The Balaban J connectivity index is 1.52. The van der Waals surface area contributed by atoms with Crippen LogP contribution in [0.15, 0.2) is 84.9 Å². The van der Waals surface area contributed by atoms with Crippen molar-refractivity contribution in [3.63, 3.8) is 0 Å². The first-order valence-corrected chi connectivity index (χ1v) is 9.72. The van der Waals surface area contributed by atoms with Crippen LogP contribution in [-0.4, -0.2) is 15.9 Å². The highest BCUT2D eigenvalue weighted by atomic mass is 32.1. The largest absolute Gasteiger partial charge is 0.489 e. The Hall–Kier alpha value is -4.04. The third-order valence-corrected chi connectivity index (χ3v) is 4.29. The van der Waals surface area contributed by atoms with Crippen LogP contribution in [0.2, 0.25) is 0 Å². The molecule has 0 fully saturated rings. The Labute approximate surface area is 184 Å². The van der Waals surface area contributed by atoms with Gasteiger partial charge in [-0.1, -0.05) is 48.5 Å². The van der Waals surface area contributed by atoms with Crippen LogP contribution in [-0.2, 0) is 11.4 Å². The standard InChI is InChI=1S/C23H19N3O4S/c27-22(13-12-17-8-4-10-20(14-17)26(28)29)25-23(31)24-19-9-5-11-21(15-19)30-16-18-6-2-1-3-7-18/h1-15H,16H2,(H2,24,25,27,31)/b13-12+. The number of thiocarbonyl (C=S) groups is 1. The number of amides is 1. The fourth-order valence-corrected chi connectivity index (χ4v) is 2.85. The lowest BCUT2D eigenvalue weighted by Gasteiger charge is -2.11. The predicted octanol–water partition coefficient (Wildman–Crippen LogP) is 4.70. The molecular formula is C23H19N3O4S. The normalized spacial score (nSPS) is 10.5. The van der Waals surface area contributed by atoms with Gasteiger partial charge in [0.15, 0.2) is 5.11 Å². The van der Waals surface area contributed by atoms with Crippen molar-refractivity contribution in [1.82, 2.24) is 5.32 Å². The van der Waals surface area contributed by atoms with Crippen molar-refractivity contribution in [2.75, 3.05) is 5.32 Å². The van der Waals surface area contributed by atoms with Gasteiger partial charge in [0.1, 0.15) is 12.4 Å². The zero-order chi connectivity index (χ0) is 22.1. The third kappa shape index (κ3) is 7.06. The molecule has 0 heterocycles. The van der Waals surface area contributed by atoms with Crippen LogP contribution in [0.5, 0.6) is 5.75 Å². The van der Waals surface area contributed by atoms with E-state index in [4.69, 9.17) is 17.0 Å². The van der Waals surface area contributed by atoms with Crippen molar-refractivity contribution >= 4 is 40.7 Å². The van der Waals surface area contributed by atoms with Gasteiger partial charge in [-0.25, -0.2) is 0 Å². The molecule has 3 aromatic rings.